The molecule has 156 valence electrons. The number of halogens is 1. The number of likely N-dealkylation sites (tertiary alicyclic amines) is 1. The van der Waals surface area contributed by atoms with Crippen molar-refractivity contribution in [1.82, 2.24) is 15.2 Å². The van der Waals surface area contributed by atoms with Crippen molar-refractivity contribution in [3.63, 3.8) is 0 Å². The Hall–Kier alpha value is -1.79. The zero-order valence-corrected chi connectivity index (χ0v) is 17.8. The quantitative estimate of drug-likeness (QED) is 0.726. The largest absolute Gasteiger partial charge is 0.352 e. The third-order valence-corrected chi connectivity index (χ3v) is 7.28. The fourth-order valence-corrected chi connectivity index (χ4v) is 5.52. The molecule has 4 nitrogen and oxygen atoms in total. The van der Waals surface area contributed by atoms with Gasteiger partial charge in [-0.2, -0.15) is 0 Å². The van der Waals surface area contributed by atoms with Gasteiger partial charge in [-0.05, 0) is 81.6 Å². The van der Waals surface area contributed by atoms with Gasteiger partial charge in [0.25, 0.3) is 0 Å². The maximum atomic E-state index is 12.9. The highest BCUT2D eigenvalue weighted by Gasteiger charge is 2.22. The monoisotopic (exact) mass is 415 g/mol. The van der Waals surface area contributed by atoms with E-state index in [9.17, 15) is 9.18 Å². The summed E-state index contributed by atoms with van der Waals surface area (Å²) in [7, 11) is 0. The Kier molecular flexibility index (Phi) is 6.93. The van der Waals surface area contributed by atoms with Crippen LogP contribution in [0.5, 0.6) is 0 Å². The number of nitrogens with zero attached hydrogens (tertiary/aromatic N) is 2. The molecular formula is C23H30FN3OS. The summed E-state index contributed by atoms with van der Waals surface area (Å²) in [6.45, 7) is 3.66. The molecule has 1 amide bonds. The Bertz CT molecular complexity index is 789. The molecule has 4 rings (SSSR count). The number of hydrogen-bond acceptors (Lipinski definition) is 4. The Morgan fingerprint density at radius 2 is 1.93 bits per heavy atom. The van der Waals surface area contributed by atoms with E-state index in [0.29, 0.717) is 18.9 Å². The molecule has 1 saturated heterocycles. The van der Waals surface area contributed by atoms with Gasteiger partial charge in [0.1, 0.15) is 10.8 Å². The van der Waals surface area contributed by atoms with Crippen LogP contribution in [0.25, 0.3) is 0 Å². The maximum Gasteiger partial charge on any atom is 0.220 e. The minimum atomic E-state index is -0.249. The van der Waals surface area contributed by atoms with Crippen LogP contribution in [-0.2, 0) is 30.7 Å². The van der Waals surface area contributed by atoms with Gasteiger partial charge in [-0.1, -0.05) is 12.1 Å². The predicted octanol–water partition coefficient (Wildman–Crippen LogP) is 4.47. The molecule has 0 radical (unpaired) electrons. The molecule has 0 unspecified atom stereocenters. The van der Waals surface area contributed by atoms with Gasteiger partial charge < -0.3 is 5.32 Å². The van der Waals surface area contributed by atoms with Gasteiger partial charge in [-0.15, -0.1) is 11.3 Å². The molecule has 1 fully saturated rings. The number of aryl methyl sites for hydroxylation is 2. The molecule has 1 aromatic carbocycles. The summed E-state index contributed by atoms with van der Waals surface area (Å²) in [6, 6.07) is 6.28. The van der Waals surface area contributed by atoms with E-state index < -0.39 is 0 Å². The first-order valence-electron chi connectivity index (χ1n) is 10.9. The zero-order valence-electron chi connectivity index (χ0n) is 17.0. The lowest BCUT2D eigenvalue weighted by atomic mass is 9.92. The molecule has 0 spiro atoms. The van der Waals surface area contributed by atoms with E-state index in [-0.39, 0.29) is 11.7 Å². The first-order valence-corrected chi connectivity index (χ1v) is 11.7. The normalized spacial score (nSPS) is 17.8. The van der Waals surface area contributed by atoms with Gasteiger partial charge >= 0.3 is 0 Å². The van der Waals surface area contributed by atoms with Gasteiger partial charge in [-0.25, -0.2) is 9.37 Å². The first kappa shape index (κ1) is 20.5. The molecule has 0 bridgehead atoms. The minimum Gasteiger partial charge on any atom is -0.352 e. The molecule has 1 N–H and O–H groups in total. The number of nitrogens with one attached hydrogen (secondary N) is 1. The van der Waals surface area contributed by atoms with Crippen molar-refractivity contribution in [3.05, 3.63) is 51.2 Å². The molecule has 29 heavy (non-hydrogen) atoms. The SMILES string of the molecule is O=C(CCC1CCN(Cc2nc3c(s2)CCCC3)CC1)NCc1ccc(F)cc1. The van der Waals surface area contributed by atoms with E-state index in [0.717, 1.165) is 50.9 Å². The lowest BCUT2D eigenvalue weighted by Gasteiger charge is -2.31. The Morgan fingerprint density at radius 3 is 2.69 bits per heavy atom. The Labute approximate surface area is 176 Å². The van der Waals surface area contributed by atoms with E-state index in [2.05, 4.69) is 10.2 Å². The Morgan fingerprint density at radius 1 is 1.17 bits per heavy atom. The van der Waals surface area contributed by atoms with Crippen molar-refractivity contribution < 1.29 is 9.18 Å². The fraction of sp³-hybridized carbons (Fsp3) is 0.565. The van der Waals surface area contributed by atoms with Crippen LogP contribution in [0.15, 0.2) is 24.3 Å². The lowest BCUT2D eigenvalue weighted by molar-refractivity contribution is -0.121. The van der Waals surface area contributed by atoms with E-state index in [1.54, 1.807) is 12.1 Å². The molecule has 2 aliphatic rings. The Balaban J connectivity index is 1.14. The zero-order chi connectivity index (χ0) is 20.1. The number of aromatic nitrogens is 1. The van der Waals surface area contributed by atoms with Crippen molar-refractivity contribution in [2.75, 3.05) is 13.1 Å². The summed E-state index contributed by atoms with van der Waals surface area (Å²) in [5.41, 5.74) is 2.29. The highest BCUT2D eigenvalue weighted by atomic mass is 32.1. The number of carbonyl (C=O) groups is 1. The summed E-state index contributed by atoms with van der Waals surface area (Å²) in [5, 5.41) is 4.23. The van der Waals surface area contributed by atoms with Crippen LogP contribution in [-0.4, -0.2) is 28.9 Å². The molecule has 1 aromatic heterocycles. The number of amides is 1. The third-order valence-electron chi connectivity index (χ3n) is 6.14. The molecule has 0 saturated carbocycles. The molecular weight excluding hydrogens is 385 g/mol. The number of thiazole rings is 1. The average molecular weight is 416 g/mol. The lowest BCUT2D eigenvalue weighted by Crippen LogP contribution is -2.33. The van der Waals surface area contributed by atoms with Crippen LogP contribution >= 0.6 is 11.3 Å². The fourth-order valence-electron chi connectivity index (χ4n) is 4.32. The molecule has 0 atom stereocenters. The third kappa shape index (κ3) is 5.86. The van der Waals surface area contributed by atoms with Crippen molar-refractivity contribution in [3.8, 4) is 0 Å². The molecule has 2 heterocycles. The first-order chi connectivity index (χ1) is 14.2. The summed E-state index contributed by atoms with van der Waals surface area (Å²) in [6.07, 6.45) is 8.85. The van der Waals surface area contributed by atoms with E-state index in [1.165, 1.54) is 47.0 Å². The summed E-state index contributed by atoms with van der Waals surface area (Å²) in [4.78, 5) is 21.0. The highest BCUT2D eigenvalue weighted by molar-refractivity contribution is 7.11. The smallest absolute Gasteiger partial charge is 0.220 e. The van der Waals surface area contributed by atoms with Crippen LogP contribution < -0.4 is 5.32 Å². The number of rotatable bonds is 7. The second kappa shape index (κ2) is 9.81. The standard InChI is InChI=1S/C23H30FN3OS/c24-19-8-5-18(6-9-19)15-25-22(28)10-7-17-11-13-27(14-12-17)16-23-26-20-3-1-2-4-21(20)29-23/h5-6,8-9,17H,1-4,7,10-16H2,(H,25,28). The van der Waals surface area contributed by atoms with E-state index in [1.807, 2.05) is 11.3 Å². The highest BCUT2D eigenvalue weighted by Crippen LogP contribution is 2.29. The van der Waals surface area contributed by atoms with Crippen LogP contribution in [0.1, 0.15) is 59.7 Å². The van der Waals surface area contributed by atoms with Crippen molar-refractivity contribution in [2.45, 2.75) is 64.5 Å². The minimum absolute atomic E-state index is 0.0881. The summed E-state index contributed by atoms with van der Waals surface area (Å²) in [5.74, 6) is 0.471. The van der Waals surface area contributed by atoms with Crippen LogP contribution in [0.4, 0.5) is 4.39 Å². The van der Waals surface area contributed by atoms with Crippen molar-refractivity contribution >= 4 is 17.2 Å². The van der Waals surface area contributed by atoms with Crippen LogP contribution in [0.3, 0.4) is 0 Å². The number of hydrogen-bond donors (Lipinski definition) is 1. The molecule has 6 heteroatoms. The predicted molar refractivity (Wildman–Crippen MR) is 114 cm³/mol. The second-order valence-corrected chi connectivity index (χ2v) is 9.51. The van der Waals surface area contributed by atoms with Crippen molar-refractivity contribution in [2.24, 2.45) is 5.92 Å². The topological polar surface area (TPSA) is 45.2 Å². The van der Waals surface area contributed by atoms with E-state index in [4.69, 9.17) is 4.98 Å². The number of piperidine rings is 1. The van der Waals surface area contributed by atoms with Gasteiger partial charge in [0.2, 0.25) is 5.91 Å². The average Bonchev–Trinajstić information content (AvgIpc) is 3.15. The van der Waals surface area contributed by atoms with Gasteiger partial charge in [0.15, 0.2) is 0 Å². The van der Waals surface area contributed by atoms with Crippen LogP contribution in [0.2, 0.25) is 0 Å². The number of benzene rings is 1. The molecule has 1 aliphatic carbocycles. The molecule has 2 aromatic rings. The van der Waals surface area contributed by atoms with Crippen molar-refractivity contribution in [1.29, 1.82) is 0 Å². The summed E-state index contributed by atoms with van der Waals surface area (Å²) >= 11 is 1.92. The molecule has 1 aliphatic heterocycles. The number of carbonyl (C=O) groups excluding carboxylic acids is 1. The second-order valence-electron chi connectivity index (χ2n) is 8.35. The maximum absolute atomic E-state index is 12.9. The van der Waals surface area contributed by atoms with Gasteiger partial charge in [0, 0.05) is 17.8 Å². The van der Waals surface area contributed by atoms with E-state index >= 15 is 0 Å². The summed E-state index contributed by atoms with van der Waals surface area (Å²) < 4.78 is 12.9. The van der Waals surface area contributed by atoms with Gasteiger partial charge in [-0.3, -0.25) is 9.69 Å². The van der Waals surface area contributed by atoms with Crippen LogP contribution in [0, 0.1) is 11.7 Å². The van der Waals surface area contributed by atoms with Gasteiger partial charge in [0.05, 0.1) is 12.2 Å². The number of fused-ring (bicyclic) bond motifs is 1.